The molecule has 3 aromatic carbocycles. The molecule has 0 saturated carbocycles. The van der Waals surface area contributed by atoms with Gasteiger partial charge in [0.2, 0.25) is 0 Å². The third-order valence-electron chi connectivity index (χ3n) is 6.62. The third kappa shape index (κ3) is 4.55. The van der Waals surface area contributed by atoms with Crippen molar-refractivity contribution in [1.82, 2.24) is 0 Å². The highest BCUT2D eigenvalue weighted by Crippen LogP contribution is 2.33. The van der Waals surface area contributed by atoms with Crippen LogP contribution in [-0.4, -0.2) is 14.2 Å². The van der Waals surface area contributed by atoms with E-state index < -0.39 is 10.1 Å². The first-order valence-electron chi connectivity index (χ1n) is 11.4. The van der Waals surface area contributed by atoms with Gasteiger partial charge in [-0.3, -0.25) is 4.79 Å². The summed E-state index contributed by atoms with van der Waals surface area (Å²) in [7, 11) is -3.78. The molecule has 1 aromatic heterocycles. The zero-order chi connectivity index (χ0) is 23.0. The number of hydrogen-bond donors (Lipinski definition) is 0. The molecule has 33 heavy (non-hydrogen) atoms. The normalized spacial score (nSPS) is 16.1. The predicted octanol–water partition coefficient (Wildman–Crippen LogP) is 5.88. The summed E-state index contributed by atoms with van der Waals surface area (Å²) in [6, 6.07) is 18.9. The van der Waals surface area contributed by atoms with Gasteiger partial charge in [-0.05, 0) is 66.1 Å². The maximum atomic E-state index is 13.0. The number of rotatable bonds is 6. The SMILES string of the molecule is CCC1CCc2c(sc3cc(OS(=O)(=O)CCc4cccc5ccccc45)ccc3c2=O)C1. The van der Waals surface area contributed by atoms with Crippen molar-refractivity contribution in [3.05, 3.63) is 86.9 Å². The van der Waals surface area contributed by atoms with E-state index in [0.29, 0.717) is 17.7 Å². The van der Waals surface area contributed by atoms with E-state index in [1.165, 1.54) is 0 Å². The summed E-state index contributed by atoms with van der Waals surface area (Å²) in [4.78, 5) is 14.1. The van der Waals surface area contributed by atoms with Gasteiger partial charge >= 0.3 is 10.1 Å². The highest BCUT2D eigenvalue weighted by molar-refractivity contribution is 7.87. The second-order valence-electron chi connectivity index (χ2n) is 8.74. The topological polar surface area (TPSA) is 60.4 Å². The van der Waals surface area contributed by atoms with Gasteiger partial charge in [0.05, 0.1) is 5.75 Å². The summed E-state index contributed by atoms with van der Waals surface area (Å²) in [6.45, 7) is 2.19. The van der Waals surface area contributed by atoms with Crippen molar-refractivity contribution in [3.8, 4) is 5.75 Å². The van der Waals surface area contributed by atoms with Crippen LogP contribution in [0, 0.1) is 5.92 Å². The van der Waals surface area contributed by atoms with Crippen LogP contribution in [-0.2, 0) is 29.4 Å². The van der Waals surface area contributed by atoms with Gasteiger partial charge in [0, 0.05) is 20.5 Å². The van der Waals surface area contributed by atoms with E-state index in [2.05, 4.69) is 6.92 Å². The fourth-order valence-electron chi connectivity index (χ4n) is 4.72. The molecular weight excluding hydrogens is 452 g/mol. The maximum absolute atomic E-state index is 13.0. The van der Waals surface area contributed by atoms with E-state index in [-0.39, 0.29) is 16.9 Å². The van der Waals surface area contributed by atoms with E-state index in [1.54, 1.807) is 29.5 Å². The first kappa shape index (κ1) is 22.1. The Balaban J connectivity index is 1.38. The van der Waals surface area contributed by atoms with E-state index in [1.807, 2.05) is 42.5 Å². The Morgan fingerprint density at radius 1 is 1.03 bits per heavy atom. The molecule has 0 amide bonds. The van der Waals surface area contributed by atoms with Gasteiger partial charge in [0.15, 0.2) is 5.43 Å². The molecule has 6 heteroatoms. The molecular formula is C27H26O4S2. The lowest BCUT2D eigenvalue weighted by Crippen LogP contribution is -2.20. The van der Waals surface area contributed by atoms with Crippen LogP contribution in [0.2, 0.25) is 0 Å². The van der Waals surface area contributed by atoms with Gasteiger partial charge in [-0.1, -0.05) is 55.8 Å². The van der Waals surface area contributed by atoms with Gasteiger partial charge in [-0.25, -0.2) is 0 Å². The molecule has 0 fully saturated rings. The van der Waals surface area contributed by atoms with Gasteiger partial charge in [-0.2, -0.15) is 8.42 Å². The molecule has 1 aliphatic rings. The summed E-state index contributed by atoms with van der Waals surface area (Å²) in [5, 5.41) is 2.79. The van der Waals surface area contributed by atoms with Crippen molar-refractivity contribution in [2.24, 2.45) is 5.92 Å². The Hall–Kier alpha value is -2.70. The molecule has 4 aromatic rings. The first-order valence-corrected chi connectivity index (χ1v) is 13.8. The molecule has 0 spiro atoms. The Morgan fingerprint density at radius 2 is 1.85 bits per heavy atom. The number of hydrogen-bond acceptors (Lipinski definition) is 5. The summed E-state index contributed by atoms with van der Waals surface area (Å²) in [6.07, 6.45) is 4.30. The molecule has 1 heterocycles. The Bertz CT molecular complexity index is 1500. The van der Waals surface area contributed by atoms with E-state index >= 15 is 0 Å². The molecule has 0 N–H and O–H groups in total. The minimum Gasteiger partial charge on any atom is -0.382 e. The van der Waals surface area contributed by atoms with Crippen LogP contribution in [0.15, 0.2) is 65.5 Å². The molecule has 0 bridgehead atoms. The maximum Gasteiger partial charge on any atom is 0.309 e. The Labute approximate surface area is 198 Å². The minimum absolute atomic E-state index is 0.0821. The third-order valence-corrected chi connectivity index (χ3v) is 8.99. The number of benzene rings is 3. The standard InChI is InChI=1S/C27H26O4S2/c1-2-18-10-12-23-25(16-18)32-26-17-21(11-13-24(26)27(23)28)31-33(29,30)15-14-20-8-5-7-19-6-3-4-9-22(19)20/h3-9,11,13,17-18H,2,10,12,14-16H2,1H3. The fourth-order valence-corrected chi connectivity index (χ4v) is 7.02. The van der Waals surface area contributed by atoms with Crippen molar-refractivity contribution in [1.29, 1.82) is 0 Å². The van der Waals surface area contributed by atoms with E-state index in [0.717, 1.165) is 57.2 Å². The lowest BCUT2D eigenvalue weighted by Gasteiger charge is -2.22. The van der Waals surface area contributed by atoms with Gasteiger partial charge in [0.1, 0.15) is 5.75 Å². The largest absolute Gasteiger partial charge is 0.382 e. The van der Waals surface area contributed by atoms with Crippen LogP contribution >= 0.6 is 11.3 Å². The van der Waals surface area contributed by atoms with Gasteiger partial charge in [0.25, 0.3) is 0 Å². The van der Waals surface area contributed by atoms with Gasteiger partial charge < -0.3 is 4.18 Å². The quantitative estimate of drug-likeness (QED) is 0.325. The Kier molecular flexibility index (Phi) is 5.97. The van der Waals surface area contributed by atoms with E-state index in [4.69, 9.17) is 4.18 Å². The highest BCUT2D eigenvalue weighted by atomic mass is 32.2. The molecule has 1 unspecified atom stereocenters. The fraction of sp³-hybridized carbons (Fsp3) is 0.296. The van der Waals surface area contributed by atoms with Crippen LogP contribution in [0.3, 0.4) is 0 Å². The molecule has 1 aliphatic carbocycles. The lowest BCUT2D eigenvalue weighted by atomic mass is 9.87. The van der Waals surface area contributed by atoms with E-state index in [9.17, 15) is 13.2 Å². The van der Waals surface area contributed by atoms with Gasteiger partial charge in [-0.15, -0.1) is 11.3 Å². The average Bonchev–Trinajstić information content (AvgIpc) is 2.82. The molecule has 1 atom stereocenters. The smallest absolute Gasteiger partial charge is 0.309 e. The van der Waals surface area contributed by atoms with Crippen LogP contribution in [0.1, 0.15) is 35.8 Å². The number of fused-ring (bicyclic) bond motifs is 3. The summed E-state index contributed by atoms with van der Waals surface area (Å²) in [5.74, 6) is 0.760. The molecule has 4 nitrogen and oxygen atoms in total. The highest BCUT2D eigenvalue weighted by Gasteiger charge is 2.22. The predicted molar refractivity (Wildman–Crippen MR) is 136 cm³/mol. The molecule has 0 saturated heterocycles. The minimum atomic E-state index is -3.78. The van der Waals surface area contributed by atoms with Crippen LogP contribution in [0.4, 0.5) is 0 Å². The van der Waals surface area contributed by atoms with Crippen molar-refractivity contribution in [2.45, 2.75) is 39.0 Å². The lowest BCUT2D eigenvalue weighted by molar-refractivity contribution is 0.448. The van der Waals surface area contributed by atoms with Crippen molar-refractivity contribution in [2.75, 3.05) is 5.75 Å². The second-order valence-corrected chi connectivity index (χ2v) is 11.6. The van der Waals surface area contributed by atoms with Crippen LogP contribution in [0.5, 0.6) is 5.75 Å². The number of aryl methyl sites for hydroxylation is 1. The van der Waals surface area contributed by atoms with Crippen molar-refractivity contribution >= 4 is 42.3 Å². The average molecular weight is 479 g/mol. The first-order chi connectivity index (χ1) is 15.9. The summed E-state index contributed by atoms with van der Waals surface area (Å²) >= 11 is 1.60. The van der Waals surface area contributed by atoms with Crippen LogP contribution < -0.4 is 9.61 Å². The molecule has 170 valence electrons. The van der Waals surface area contributed by atoms with Crippen molar-refractivity contribution < 1.29 is 12.6 Å². The Morgan fingerprint density at radius 3 is 2.70 bits per heavy atom. The molecule has 0 radical (unpaired) electrons. The monoisotopic (exact) mass is 478 g/mol. The molecule has 0 aliphatic heterocycles. The summed E-state index contributed by atoms with van der Waals surface area (Å²) in [5.41, 5.74) is 2.00. The summed E-state index contributed by atoms with van der Waals surface area (Å²) < 4.78 is 31.7. The molecule has 5 rings (SSSR count). The van der Waals surface area contributed by atoms with Crippen molar-refractivity contribution in [3.63, 3.8) is 0 Å². The zero-order valence-electron chi connectivity index (χ0n) is 18.5. The van der Waals surface area contributed by atoms with Crippen LogP contribution in [0.25, 0.3) is 20.9 Å². The second kappa shape index (κ2) is 8.92. The zero-order valence-corrected chi connectivity index (χ0v) is 20.2.